The minimum Gasteiger partial charge on any atom is -0.372 e. The quantitative estimate of drug-likeness (QED) is 0.891. The Morgan fingerprint density at radius 3 is 2.50 bits per heavy atom. The van der Waals surface area contributed by atoms with E-state index in [1.54, 1.807) is 14.0 Å². The summed E-state index contributed by atoms with van der Waals surface area (Å²) in [7, 11) is 1.54. The molecular formula is C14H18ClNO2. The number of carbonyl (C=O) groups is 1. The molecule has 1 aliphatic rings. The lowest BCUT2D eigenvalue weighted by molar-refractivity contribution is -0.131. The van der Waals surface area contributed by atoms with Crippen LogP contribution in [-0.4, -0.2) is 19.1 Å². The molecule has 2 atom stereocenters. The number of benzene rings is 1. The average Bonchev–Trinajstić information content (AvgIpc) is 3.20. The van der Waals surface area contributed by atoms with Gasteiger partial charge in [-0.25, -0.2) is 0 Å². The molecule has 0 aromatic heterocycles. The van der Waals surface area contributed by atoms with Gasteiger partial charge in [0.15, 0.2) is 0 Å². The Kier molecular flexibility index (Phi) is 4.25. The zero-order valence-corrected chi connectivity index (χ0v) is 11.4. The molecule has 98 valence electrons. The van der Waals surface area contributed by atoms with Crippen LogP contribution in [0, 0.1) is 5.92 Å². The Hall–Kier alpha value is -1.06. The lowest BCUT2D eigenvalue weighted by Crippen LogP contribution is -2.37. The number of carbonyl (C=O) groups excluding carboxylic acids is 1. The maximum atomic E-state index is 11.9. The number of ether oxygens (including phenoxy) is 1. The van der Waals surface area contributed by atoms with Gasteiger partial charge in [0, 0.05) is 12.1 Å². The van der Waals surface area contributed by atoms with E-state index in [1.165, 1.54) is 0 Å². The highest BCUT2D eigenvalue weighted by Gasteiger charge is 2.34. The fourth-order valence-electron chi connectivity index (χ4n) is 1.95. The number of rotatable bonds is 5. The predicted molar refractivity (Wildman–Crippen MR) is 71.5 cm³/mol. The second-order valence-corrected chi connectivity index (χ2v) is 5.19. The third kappa shape index (κ3) is 3.24. The predicted octanol–water partition coefficient (Wildman–Crippen LogP) is 2.94. The second-order valence-electron chi connectivity index (χ2n) is 4.75. The third-order valence-electron chi connectivity index (χ3n) is 3.34. The number of nitrogens with one attached hydrogen (secondary N) is 1. The van der Waals surface area contributed by atoms with Crippen LogP contribution in [0.25, 0.3) is 0 Å². The molecule has 0 saturated heterocycles. The van der Waals surface area contributed by atoms with Crippen molar-refractivity contribution in [3.63, 3.8) is 0 Å². The smallest absolute Gasteiger partial charge is 0.249 e. The third-order valence-corrected chi connectivity index (χ3v) is 3.60. The van der Waals surface area contributed by atoms with E-state index in [0.29, 0.717) is 10.9 Å². The minimum absolute atomic E-state index is 0.0654. The topological polar surface area (TPSA) is 38.3 Å². The van der Waals surface area contributed by atoms with E-state index in [4.69, 9.17) is 16.3 Å². The molecule has 1 aromatic rings. The van der Waals surface area contributed by atoms with E-state index in [0.717, 1.165) is 18.4 Å². The van der Waals surface area contributed by atoms with Crippen molar-refractivity contribution in [1.82, 2.24) is 5.32 Å². The van der Waals surface area contributed by atoms with Gasteiger partial charge in [-0.1, -0.05) is 23.7 Å². The molecule has 0 aliphatic heterocycles. The summed E-state index contributed by atoms with van der Waals surface area (Å²) >= 11 is 5.88. The van der Waals surface area contributed by atoms with Crippen molar-refractivity contribution in [1.29, 1.82) is 0 Å². The molecule has 2 rings (SSSR count). The molecule has 0 heterocycles. The molecule has 1 aliphatic carbocycles. The van der Waals surface area contributed by atoms with Crippen molar-refractivity contribution in [3.8, 4) is 0 Å². The van der Waals surface area contributed by atoms with Crippen molar-refractivity contribution in [2.45, 2.75) is 31.9 Å². The number of halogens is 1. The molecule has 3 nitrogen and oxygen atoms in total. The molecule has 0 spiro atoms. The van der Waals surface area contributed by atoms with Gasteiger partial charge < -0.3 is 10.1 Å². The van der Waals surface area contributed by atoms with Crippen LogP contribution in [0.3, 0.4) is 0 Å². The van der Waals surface area contributed by atoms with Crippen molar-refractivity contribution in [2.75, 3.05) is 7.11 Å². The summed E-state index contributed by atoms with van der Waals surface area (Å²) in [6.45, 7) is 1.75. The maximum Gasteiger partial charge on any atom is 0.249 e. The number of hydrogen-bond acceptors (Lipinski definition) is 2. The molecule has 1 aromatic carbocycles. The number of methoxy groups -OCH3 is 1. The summed E-state index contributed by atoms with van der Waals surface area (Å²) in [5, 5.41) is 3.77. The summed E-state index contributed by atoms with van der Waals surface area (Å²) in [4.78, 5) is 11.9. The summed E-state index contributed by atoms with van der Waals surface area (Å²) in [5.41, 5.74) is 1.11. The summed E-state index contributed by atoms with van der Waals surface area (Å²) in [6.07, 6.45) is 1.91. The van der Waals surface area contributed by atoms with Crippen LogP contribution in [0.5, 0.6) is 0 Å². The van der Waals surface area contributed by atoms with Gasteiger partial charge in [0.25, 0.3) is 0 Å². The van der Waals surface area contributed by atoms with E-state index >= 15 is 0 Å². The van der Waals surface area contributed by atoms with Crippen LogP contribution in [0.2, 0.25) is 5.02 Å². The highest BCUT2D eigenvalue weighted by Crippen LogP contribution is 2.41. The maximum absolute atomic E-state index is 11.9. The van der Waals surface area contributed by atoms with Gasteiger partial charge in [0.05, 0.1) is 6.04 Å². The van der Waals surface area contributed by atoms with Crippen molar-refractivity contribution in [2.24, 2.45) is 5.92 Å². The standard InChI is InChI=1S/C14H18ClNO2/c1-9(18-2)14(17)16-13(10-3-4-10)11-5-7-12(15)8-6-11/h5-10,13H,3-4H2,1-2H3,(H,16,17)/t9-,13+/m1/s1. The zero-order valence-electron chi connectivity index (χ0n) is 10.7. The second kappa shape index (κ2) is 5.72. The summed E-state index contributed by atoms with van der Waals surface area (Å²) in [6, 6.07) is 7.75. The first-order chi connectivity index (χ1) is 8.61. The Labute approximate surface area is 112 Å². The van der Waals surface area contributed by atoms with Gasteiger partial charge in [-0.15, -0.1) is 0 Å². The largest absolute Gasteiger partial charge is 0.372 e. The van der Waals surface area contributed by atoms with Gasteiger partial charge in [-0.2, -0.15) is 0 Å². The first-order valence-electron chi connectivity index (χ1n) is 6.20. The molecular weight excluding hydrogens is 250 g/mol. The lowest BCUT2D eigenvalue weighted by Gasteiger charge is -2.21. The van der Waals surface area contributed by atoms with E-state index in [1.807, 2.05) is 24.3 Å². The van der Waals surface area contributed by atoms with Crippen molar-refractivity contribution in [3.05, 3.63) is 34.9 Å². The normalized spacial score (nSPS) is 18.2. The van der Waals surface area contributed by atoms with Crippen LogP contribution in [-0.2, 0) is 9.53 Å². The van der Waals surface area contributed by atoms with Gasteiger partial charge in [-0.05, 0) is 43.4 Å². The monoisotopic (exact) mass is 267 g/mol. The van der Waals surface area contributed by atoms with Crippen LogP contribution in [0.15, 0.2) is 24.3 Å². The highest BCUT2D eigenvalue weighted by molar-refractivity contribution is 6.30. The van der Waals surface area contributed by atoms with Crippen molar-refractivity contribution < 1.29 is 9.53 Å². The Morgan fingerprint density at radius 1 is 1.39 bits per heavy atom. The van der Waals surface area contributed by atoms with E-state index in [9.17, 15) is 4.79 Å². The van der Waals surface area contributed by atoms with Gasteiger partial charge in [-0.3, -0.25) is 4.79 Å². The molecule has 0 radical (unpaired) electrons. The Balaban J connectivity index is 2.09. The van der Waals surface area contributed by atoms with Gasteiger partial charge in [0.2, 0.25) is 5.91 Å². The number of amides is 1. The van der Waals surface area contributed by atoms with Crippen LogP contribution in [0.1, 0.15) is 31.4 Å². The van der Waals surface area contributed by atoms with E-state index in [-0.39, 0.29) is 11.9 Å². The molecule has 0 bridgehead atoms. The van der Waals surface area contributed by atoms with Crippen molar-refractivity contribution >= 4 is 17.5 Å². The molecule has 0 unspecified atom stereocenters. The zero-order chi connectivity index (χ0) is 13.1. The Bertz CT molecular complexity index is 414. The lowest BCUT2D eigenvalue weighted by atomic mass is 10.0. The molecule has 1 N–H and O–H groups in total. The van der Waals surface area contributed by atoms with Crippen LogP contribution in [0.4, 0.5) is 0 Å². The van der Waals surface area contributed by atoms with Gasteiger partial charge >= 0.3 is 0 Å². The van der Waals surface area contributed by atoms with Crippen LogP contribution < -0.4 is 5.32 Å². The molecule has 1 saturated carbocycles. The SMILES string of the molecule is CO[C@H](C)C(=O)N[C@H](c1ccc(Cl)cc1)C1CC1. The minimum atomic E-state index is -0.418. The molecule has 4 heteroatoms. The fraction of sp³-hybridized carbons (Fsp3) is 0.500. The highest BCUT2D eigenvalue weighted by atomic mass is 35.5. The molecule has 1 amide bonds. The Morgan fingerprint density at radius 2 is 2.00 bits per heavy atom. The average molecular weight is 268 g/mol. The fourth-order valence-corrected chi connectivity index (χ4v) is 2.08. The molecule has 1 fully saturated rings. The summed E-state index contributed by atoms with van der Waals surface area (Å²) < 4.78 is 5.03. The van der Waals surface area contributed by atoms with E-state index in [2.05, 4.69) is 5.32 Å². The molecule has 18 heavy (non-hydrogen) atoms. The first kappa shape index (κ1) is 13.4. The van der Waals surface area contributed by atoms with E-state index < -0.39 is 6.10 Å². The number of hydrogen-bond donors (Lipinski definition) is 1. The first-order valence-corrected chi connectivity index (χ1v) is 6.58. The summed E-state index contributed by atoms with van der Waals surface area (Å²) in [5.74, 6) is 0.475. The van der Waals surface area contributed by atoms with Crippen LogP contribution >= 0.6 is 11.6 Å². The van der Waals surface area contributed by atoms with Gasteiger partial charge in [0.1, 0.15) is 6.10 Å².